The van der Waals surface area contributed by atoms with Crippen LogP contribution in [0.1, 0.15) is 28.3 Å². The average molecular weight is 504 g/mol. The molecule has 192 valence electrons. The van der Waals surface area contributed by atoms with E-state index in [2.05, 4.69) is 0 Å². The van der Waals surface area contributed by atoms with Gasteiger partial charge in [0.1, 0.15) is 61.3 Å². The van der Waals surface area contributed by atoms with E-state index < -0.39 is 61.6 Å². The first-order valence-corrected chi connectivity index (χ1v) is 11.0. The largest absolute Gasteiger partial charge is 0.508 e. The minimum Gasteiger partial charge on any atom is -0.508 e. The van der Waals surface area contributed by atoms with Crippen LogP contribution in [0.5, 0.6) is 17.2 Å². The summed E-state index contributed by atoms with van der Waals surface area (Å²) in [5, 5.41) is 48.7. The second kappa shape index (κ2) is 10.5. The van der Waals surface area contributed by atoms with Crippen molar-refractivity contribution in [2.24, 2.45) is 0 Å². The third-order valence-electron chi connectivity index (χ3n) is 5.86. The van der Waals surface area contributed by atoms with Gasteiger partial charge in [0.15, 0.2) is 5.78 Å². The number of aliphatic carboxylic acids is 1. The van der Waals surface area contributed by atoms with Gasteiger partial charge in [-0.15, -0.1) is 0 Å². The van der Waals surface area contributed by atoms with Gasteiger partial charge >= 0.3 is 11.9 Å². The zero-order chi connectivity index (χ0) is 26.0. The molecule has 0 saturated carbocycles. The molecule has 12 heteroatoms. The maximum absolute atomic E-state index is 13.0. The van der Waals surface area contributed by atoms with Crippen molar-refractivity contribution < 1.29 is 58.9 Å². The van der Waals surface area contributed by atoms with Crippen LogP contribution in [0.15, 0.2) is 42.5 Å². The number of fused-ring (bicyclic) bond motifs is 1. The Morgan fingerprint density at radius 3 is 2.42 bits per heavy atom. The fourth-order valence-electron chi connectivity index (χ4n) is 3.92. The molecule has 2 aromatic rings. The molecule has 0 bridgehead atoms. The number of carbonyl (C=O) groups is 3. The lowest BCUT2D eigenvalue weighted by atomic mass is 9.89. The molecule has 6 atom stereocenters. The number of carboxylic acids is 1. The number of aliphatic hydroxyl groups is 3. The van der Waals surface area contributed by atoms with E-state index in [4.69, 9.17) is 24.1 Å². The number of aromatic hydroxyl groups is 1. The van der Waals surface area contributed by atoms with E-state index in [1.54, 1.807) is 12.1 Å². The van der Waals surface area contributed by atoms with Crippen LogP contribution >= 0.6 is 0 Å². The highest BCUT2D eigenvalue weighted by Crippen LogP contribution is 2.36. The lowest BCUT2D eigenvalue weighted by molar-refractivity contribution is -0.278. The molecule has 2 aliphatic heterocycles. The van der Waals surface area contributed by atoms with Crippen molar-refractivity contribution >= 4 is 17.7 Å². The summed E-state index contributed by atoms with van der Waals surface area (Å²) < 4.78 is 21.6. The Bertz CT molecular complexity index is 1130. The van der Waals surface area contributed by atoms with E-state index in [1.165, 1.54) is 30.3 Å². The van der Waals surface area contributed by atoms with Crippen LogP contribution in [0.3, 0.4) is 0 Å². The first kappa shape index (κ1) is 25.4. The maximum atomic E-state index is 13.0. The van der Waals surface area contributed by atoms with Crippen molar-refractivity contribution in [3.63, 3.8) is 0 Å². The van der Waals surface area contributed by atoms with Crippen molar-refractivity contribution in [3.05, 3.63) is 53.6 Å². The van der Waals surface area contributed by atoms with Crippen LogP contribution in [0.4, 0.5) is 0 Å². The van der Waals surface area contributed by atoms with Gasteiger partial charge < -0.3 is 44.5 Å². The SMILES string of the molecule is O=C(O)CC(=O)OC[C@H]1O[C@@H](Oc2ccc3c(c2)OCC(c2ccc(O)cc2)C3=O)[C@H](O)[C@@H](O)[C@@H]1O. The number of ether oxygens (including phenoxy) is 4. The minimum atomic E-state index is -1.71. The summed E-state index contributed by atoms with van der Waals surface area (Å²) in [7, 11) is 0. The number of Topliss-reactive ketones (excluding diaryl/α,β-unsaturated/α-hetero) is 1. The Hall–Kier alpha value is -3.71. The van der Waals surface area contributed by atoms with Gasteiger partial charge in [-0.25, -0.2) is 0 Å². The first-order chi connectivity index (χ1) is 17.1. The predicted molar refractivity (Wildman–Crippen MR) is 118 cm³/mol. The highest BCUT2D eigenvalue weighted by atomic mass is 16.7. The number of esters is 1. The fourth-order valence-corrected chi connectivity index (χ4v) is 3.92. The molecule has 1 fully saturated rings. The lowest BCUT2D eigenvalue weighted by Crippen LogP contribution is -2.60. The number of carboxylic acid groups (broad SMARTS) is 1. The number of aliphatic hydroxyl groups excluding tert-OH is 3. The minimum absolute atomic E-state index is 0.0529. The van der Waals surface area contributed by atoms with Gasteiger partial charge in [-0.3, -0.25) is 14.4 Å². The van der Waals surface area contributed by atoms with Gasteiger partial charge in [-0.1, -0.05) is 12.1 Å². The molecule has 36 heavy (non-hydrogen) atoms. The van der Waals surface area contributed by atoms with Gasteiger partial charge in [0.2, 0.25) is 6.29 Å². The maximum Gasteiger partial charge on any atom is 0.317 e. The normalized spacial score (nSPS) is 27.5. The zero-order valence-corrected chi connectivity index (χ0v) is 18.7. The Morgan fingerprint density at radius 1 is 1.00 bits per heavy atom. The Labute approximate surface area is 204 Å². The second-order valence-electron chi connectivity index (χ2n) is 8.36. The molecular formula is C24H24O12. The summed E-state index contributed by atoms with van der Waals surface area (Å²) in [5.41, 5.74) is 0.987. The summed E-state index contributed by atoms with van der Waals surface area (Å²) in [6.45, 7) is -0.533. The number of ketones is 1. The van der Waals surface area contributed by atoms with Crippen LogP contribution in [-0.4, -0.2) is 87.2 Å². The molecule has 0 amide bonds. The number of hydrogen-bond donors (Lipinski definition) is 5. The van der Waals surface area contributed by atoms with E-state index in [1.807, 2.05) is 0 Å². The molecule has 0 spiro atoms. The fraction of sp³-hybridized carbons (Fsp3) is 0.375. The van der Waals surface area contributed by atoms with Gasteiger partial charge in [-0.2, -0.15) is 0 Å². The molecule has 5 N–H and O–H groups in total. The molecule has 0 aliphatic carbocycles. The molecule has 4 rings (SSSR count). The topological polar surface area (TPSA) is 189 Å². The Kier molecular flexibility index (Phi) is 7.40. The second-order valence-corrected chi connectivity index (χ2v) is 8.36. The average Bonchev–Trinajstić information content (AvgIpc) is 2.84. The van der Waals surface area contributed by atoms with E-state index >= 15 is 0 Å². The molecule has 12 nitrogen and oxygen atoms in total. The van der Waals surface area contributed by atoms with E-state index in [-0.39, 0.29) is 29.6 Å². The molecule has 0 radical (unpaired) electrons. The third kappa shape index (κ3) is 5.41. The number of benzene rings is 2. The molecular weight excluding hydrogens is 480 g/mol. The van der Waals surface area contributed by atoms with Gasteiger partial charge in [0, 0.05) is 6.07 Å². The van der Waals surface area contributed by atoms with Crippen molar-refractivity contribution in [2.45, 2.75) is 43.0 Å². The van der Waals surface area contributed by atoms with E-state index in [0.29, 0.717) is 11.1 Å². The van der Waals surface area contributed by atoms with Crippen molar-refractivity contribution in [3.8, 4) is 17.2 Å². The number of rotatable bonds is 7. The molecule has 2 aromatic carbocycles. The van der Waals surface area contributed by atoms with Crippen molar-refractivity contribution in [2.75, 3.05) is 13.2 Å². The van der Waals surface area contributed by atoms with Crippen LogP contribution in [0, 0.1) is 0 Å². The quantitative estimate of drug-likeness (QED) is 0.250. The lowest BCUT2D eigenvalue weighted by Gasteiger charge is -2.40. The first-order valence-electron chi connectivity index (χ1n) is 11.0. The predicted octanol–water partition coefficient (Wildman–Crippen LogP) is -0.0446. The van der Waals surface area contributed by atoms with Crippen LogP contribution < -0.4 is 9.47 Å². The Balaban J connectivity index is 1.44. The summed E-state index contributed by atoms with van der Waals surface area (Å²) >= 11 is 0. The number of phenolic OH excluding ortho intramolecular Hbond substituents is 1. The smallest absolute Gasteiger partial charge is 0.317 e. The summed E-state index contributed by atoms with van der Waals surface area (Å²) in [5.74, 6) is -2.78. The zero-order valence-electron chi connectivity index (χ0n) is 18.7. The number of carbonyl (C=O) groups excluding carboxylic acids is 2. The van der Waals surface area contributed by atoms with Gasteiger partial charge in [0.05, 0.1) is 11.5 Å². The van der Waals surface area contributed by atoms with E-state index in [9.17, 15) is 34.8 Å². The molecule has 1 saturated heterocycles. The van der Waals surface area contributed by atoms with Crippen LogP contribution in [0.25, 0.3) is 0 Å². The molecule has 1 unspecified atom stereocenters. The molecule has 2 aliphatic rings. The summed E-state index contributed by atoms with van der Waals surface area (Å²) in [6.07, 6.45) is -8.73. The molecule has 0 aromatic heterocycles. The number of phenols is 1. The van der Waals surface area contributed by atoms with Gasteiger partial charge in [-0.05, 0) is 29.8 Å². The Morgan fingerprint density at radius 2 is 1.72 bits per heavy atom. The third-order valence-corrected chi connectivity index (χ3v) is 5.86. The van der Waals surface area contributed by atoms with Crippen LogP contribution in [0.2, 0.25) is 0 Å². The standard InChI is InChI=1S/C24H24O12/c25-12-3-1-11(2-4-12)15-9-33-16-7-13(5-6-14(16)20(15)29)35-24-23(32)22(31)21(30)17(36-24)10-34-19(28)8-18(26)27/h1-7,15,17,21-25,30-32H,8-10H2,(H,26,27)/t15?,17-,21-,22+,23-,24-/m1/s1. The summed E-state index contributed by atoms with van der Waals surface area (Å²) in [6, 6.07) is 10.6. The monoisotopic (exact) mass is 504 g/mol. The summed E-state index contributed by atoms with van der Waals surface area (Å²) in [4.78, 5) is 35.0. The number of hydrogen-bond acceptors (Lipinski definition) is 11. The van der Waals surface area contributed by atoms with E-state index in [0.717, 1.165) is 0 Å². The van der Waals surface area contributed by atoms with Crippen molar-refractivity contribution in [1.29, 1.82) is 0 Å². The molecule has 2 heterocycles. The highest BCUT2D eigenvalue weighted by molar-refractivity contribution is 6.04. The highest BCUT2D eigenvalue weighted by Gasteiger charge is 2.45. The van der Waals surface area contributed by atoms with Crippen LogP contribution in [-0.2, 0) is 19.1 Å². The van der Waals surface area contributed by atoms with Gasteiger partial charge in [0.25, 0.3) is 0 Å². The van der Waals surface area contributed by atoms with Crippen molar-refractivity contribution in [1.82, 2.24) is 0 Å².